The maximum atomic E-state index is 4.80. The zero-order chi connectivity index (χ0) is 17.3. The Morgan fingerprint density at radius 1 is 1.21 bits per heavy atom. The molecule has 0 aliphatic heterocycles. The molecule has 3 rings (SSSR count). The van der Waals surface area contributed by atoms with Gasteiger partial charge in [0.05, 0.1) is 11.0 Å². The third-order valence-corrected chi connectivity index (χ3v) is 4.59. The Labute approximate surface area is 144 Å². The summed E-state index contributed by atoms with van der Waals surface area (Å²) in [6, 6.07) is 10.5. The van der Waals surface area contributed by atoms with E-state index in [-0.39, 0.29) is 5.41 Å². The lowest BCUT2D eigenvalue weighted by Crippen LogP contribution is -2.20. The van der Waals surface area contributed by atoms with Crippen molar-refractivity contribution < 1.29 is 0 Å². The molecule has 2 heterocycles. The molecule has 0 unspecified atom stereocenters. The number of aromatic nitrogens is 3. The van der Waals surface area contributed by atoms with Gasteiger partial charge in [-0.05, 0) is 45.1 Å². The average Bonchev–Trinajstić information content (AvgIpc) is 3.08. The van der Waals surface area contributed by atoms with Crippen LogP contribution in [0.15, 0.2) is 30.3 Å². The number of hydrogen-bond donors (Lipinski definition) is 2. The maximum absolute atomic E-state index is 4.80. The molecule has 0 bridgehead atoms. The van der Waals surface area contributed by atoms with Gasteiger partial charge in [-0.2, -0.15) is 0 Å². The van der Waals surface area contributed by atoms with Crippen molar-refractivity contribution in [3.8, 4) is 11.4 Å². The van der Waals surface area contributed by atoms with E-state index in [4.69, 9.17) is 4.98 Å². The molecule has 0 aliphatic carbocycles. The molecular formula is C20H28N4. The van der Waals surface area contributed by atoms with Gasteiger partial charge in [0, 0.05) is 28.9 Å². The summed E-state index contributed by atoms with van der Waals surface area (Å²) in [4.78, 5) is 8.27. The summed E-state index contributed by atoms with van der Waals surface area (Å²) >= 11 is 0. The first-order chi connectivity index (χ1) is 11.4. The van der Waals surface area contributed by atoms with Gasteiger partial charge in [0.1, 0.15) is 5.82 Å². The number of imidazole rings is 1. The molecule has 0 saturated carbocycles. The summed E-state index contributed by atoms with van der Waals surface area (Å²) in [6.07, 6.45) is 1.12. The van der Waals surface area contributed by atoms with Gasteiger partial charge in [0.2, 0.25) is 0 Å². The summed E-state index contributed by atoms with van der Waals surface area (Å²) in [5, 5.41) is 3.24. The van der Waals surface area contributed by atoms with Gasteiger partial charge in [-0.1, -0.05) is 32.9 Å². The molecule has 2 aromatic heterocycles. The predicted octanol–water partition coefficient (Wildman–Crippen LogP) is 4.25. The highest BCUT2D eigenvalue weighted by molar-refractivity contribution is 5.79. The lowest BCUT2D eigenvalue weighted by Gasteiger charge is -2.22. The number of aromatic amines is 1. The third-order valence-electron chi connectivity index (χ3n) is 4.59. The van der Waals surface area contributed by atoms with Gasteiger partial charge in [0.25, 0.3) is 0 Å². The van der Waals surface area contributed by atoms with Crippen molar-refractivity contribution in [2.75, 3.05) is 13.6 Å². The number of nitrogens with zero attached hydrogens (tertiary/aromatic N) is 2. The van der Waals surface area contributed by atoms with Crippen molar-refractivity contribution in [2.24, 2.45) is 0 Å². The Morgan fingerprint density at radius 2 is 1.96 bits per heavy atom. The van der Waals surface area contributed by atoms with Gasteiger partial charge >= 0.3 is 0 Å². The van der Waals surface area contributed by atoms with Crippen molar-refractivity contribution in [3.05, 3.63) is 41.7 Å². The van der Waals surface area contributed by atoms with E-state index in [2.05, 4.69) is 60.8 Å². The lowest BCUT2D eigenvalue weighted by molar-refractivity contribution is 0.498. The van der Waals surface area contributed by atoms with Crippen LogP contribution >= 0.6 is 0 Å². The molecule has 0 radical (unpaired) electrons. The van der Waals surface area contributed by atoms with E-state index < -0.39 is 0 Å². The van der Waals surface area contributed by atoms with Gasteiger partial charge < -0.3 is 14.9 Å². The zero-order valence-corrected chi connectivity index (χ0v) is 15.4. The van der Waals surface area contributed by atoms with Crippen molar-refractivity contribution in [1.82, 2.24) is 19.9 Å². The highest BCUT2D eigenvalue weighted by Crippen LogP contribution is 2.33. The Morgan fingerprint density at radius 3 is 2.62 bits per heavy atom. The van der Waals surface area contributed by atoms with E-state index in [9.17, 15) is 0 Å². The van der Waals surface area contributed by atoms with Crippen molar-refractivity contribution in [3.63, 3.8) is 0 Å². The molecule has 0 aliphatic rings. The van der Waals surface area contributed by atoms with Crippen molar-refractivity contribution in [1.29, 1.82) is 0 Å². The standard InChI is InChI=1S/C20H28N4/c1-14-15(19-22-16-9-6-7-10-17(16)23-19)13-18(20(2,3)4)24(14)12-8-11-21-5/h6-7,9-10,13,21H,8,11-12H2,1-5H3,(H,22,23). The second-order valence-corrected chi connectivity index (χ2v) is 7.49. The lowest BCUT2D eigenvalue weighted by atomic mass is 9.92. The molecule has 24 heavy (non-hydrogen) atoms. The van der Waals surface area contributed by atoms with Gasteiger partial charge in [-0.25, -0.2) is 4.98 Å². The minimum Gasteiger partial charge on any atom is -0.348 e. The quantitative estimate of drug-likeness (QED) is 0.689. The molecule has 0 atom stereocenters. The molecule has 128 valence electrons. The van der Waals surface area contributed by atoms with Crippen LogP contribution in [0, 0.1) is 6.92 Å². The summed E-state index contributed by atoms with van der Waals surface area (Å²) in [5.74, 6) is 0.964. The fourth-order valence-electron chi connectivity index (χ4n) is 3.29. The van der Waals surface area contributed by atoms with E-state index in [1.165, 1.54) is 17.0 Å². The van der Waals surface area contributed by atoms with E-state index in [0.717, 1.165) is 36.4 Å². The van der Waals surface area contributed by atoms with Gasteiger partial charge in [0.15, 0.2) is 0 Å². The molecule has 0 saturated heterocycles. The SMILES string of the molecule is CNCCCn1c(C(C)(C)C)cc(-c2nc3ccccc3[nH]2)c1C. The van der Waals surface area contributed by atoms with Crippen molar-refractivity contribution in [2.45, 2.75) is 46.1 Å². The van der Waals surface area contributed by atoms with Crippen LogP contribution in [-0.4, -0.2) is 28.1 Å². The molecule has 1 aromatic carbocycles. The van der Waals surface area contributed by atoms with Crippen LogP contribution in [0.4, 0.5) is 0 Å². The first kappa shape index (κ1) is 16.8. The first-order valence-corrected chi connectivity index (χ1v) is 8.72. The van der Waals surface area contributed by atoms with Gasteiger partial charge in [-0.15, -0.1) is 0 Å². The molecule has 0 spiro atoms. The van der Waals surface area contributed by atoms with Crippen LogP contribution in [0.5, 0.6) is 0 Å². The minimum atomic E-state index is 0.106. The van der Waals surface area contributed by atoms with Crippen LogP contribution in [0.2, 0.25) is 0 Å². The monoisotopic (exact) mass is 324 g/mol. The number of nitrogens with one attached hydrogen (secondary N) is 2. The second kappa shape index (κ2) is 6.44. The Hall–Kier alpha value is -2.07. The number of H-pyrrole nitrogens is 1. The molecule has 0 fully saturated rings. The Kier molecular flexibility index (Phi) is 4.50. The smallest absolute Gasteiger partial charge is 0.140 e. The maximum Gasteiger partial charge on any atom is 0.140 e. The van der Waals surface area contributed by atoms with Crippen LogP contribution in [0.25, 0.3) is 22.4 Å². The van der Waals surface area contributed by atoms with E-state index in [1.54, 1.807) is 0 Å². The van der Waals surface area contributed by atoms with E-state index >= 15 is 0 Å². The van der Waals surface area contributed by atoms with Crippen LogP contribution in [-0.2, 0) is 12.0 Å². The number of benzene rings is 1. The third kappa shape index (κ3) is 3.11. The highest BCUT2D eigenvalue weighted by atomic mass is 15.0. The topological polar surface area (TPSA) is 45.6 Å². The molecule has 4 heteroatoms. The minimum absolute atomic E-state index is 0.106. The predicted molar refractivity (Wildman–Crippen MR) is 102 cm³/mol. The zero-order valence-electron chi connectivity index (χ0n) is 15.4. The summed E-state index contributed by atoms with van der Waals surface area (Å²) < 4.78 is 2.46. The number of hydrogen-bond acceptors (Lipinski definition) is 2. The molecule has 0 amide bonds. The number of rotatable bonds is 5. The largest absolute Gasteiger partial charge is 0.348 e. The fraction of sp³-hybridized carbons (Fsp3) is 0.450. The molecule has 4 nitrogen and oxygen atoms in total. The highest BCUT2D eigenvalue weighted by Gasteiger charge is 2.23. The van der Waals surface area contributed by atoms with Crippen LogP contribution < -0.4 is 5.32 Å². The summed E-state index contributed by atoms with van der Waals surface area (Å²) in [6.45, 7) is 11.1. The Bertz CT molecular complexity index is 800. The van der Waals surface area contributed by atoms with E-state index in [1.807, 2.05) is 19.2 Å². The molecule has 2 N–H and O–H groups in total. The number of para-hydroxylation sites is 2. The van der Waals surface area contributed by atoms with Crippen LogP contribution in [0.3, 0.4) is 0 Å². The van der Waals surface area contributed by atoms with Gasteiger partial charge in [-0.3, -0.25) is 0 Å². The second-order valence-electron chi connectivity index (χ2n) is 7.49. The number of fused-ring (bicyclic) bond motifs is 1. The molecular weight excluding hydrogens is 296 g/mol. The first-order valence-electron chi connectivity index (χ1n) is 8.72. The summed E-state index contributed by atoms with van der Waals surface area (Å²) in [7, 11) is 2.01. The fourth-order valence-corrected chi connectivity index (χ4v) is 3.29. The normalized spacial score (nSPS) is 12.2. The summed E-state index contributed by atoms with van der Waals surface area (Å²) in [5.41, 5.74) is 6.08. The van der Waals surface area contributed by atoms with Crippen LogP contribution in [0.1, 0.15) is 38.6 Å². The van der Waals surface area contributed by atoms with Crippen molar-refractivity contribution >= 4 is 11.0 Å². The average molecular weight is 324 g/mol. The Balaban J connectivity index is 2.07. The molecule has 3 aromatic rings. The van der Waals surface area contributed by atoms with E-state index in [0.29, 0.717) is 0 Å².